The Labute approximate surface area is 113 Å². The maximum Gasteiger partial charge on any atom is -0.0398 e. The number of hydrogen-bond donors (Lipinski definition) is 0. The Balaban J connectivity index is 0.000000245. The van der Waals surface area contributed by atoms with Crippen molar-refractivity contribution >= 4 is 0 Å². The maximum atomic E-state index is 2.21. The molecule has 0 fully saturated rings. The van der Waals surface area contributed by atoms with E-state index in [4.69, 9.17) is 0 Å². The molecule has 0 heterocycles. The quantitative estimate of drug-likeness (QED) is 0.617. The lowest BCUT2D eigenvalue weighted by molar-refractivity contribution is 0.772. The summed E-state index contributed by atoms with van der Waals surface area (Å²) in [6, 6.07) is 22.3. The van der Waals surface area contributed by atoms with Crippen LogP contribution >= 0.6 is 0 Å². The highest BCUT2D eigenvalue weighted by molar-refractivity contribution is 5.11. The van der Waals surface area contributed by atoms with Crippen LogP contribution in [0.4, 0.5) is 0 Å². The van der Waals surface area contributed by atoms with Gasteiger partial charge in [-0.3, -0.25) is 0 Å². The van der Waals surface area contributed by atoms with E-state index >= 15 is 0 Å². The number of aryl methyl sites for hydroxylation is 1. The zero-order valence-electron chi connectivity index (χ0n) is 12.0. The van der Waals surface area contributed by atoms with E-state index in [1.54, 1.807) is 0 Å². The predicted molar refractivity (Wildman–Crippen MR) is 82.8 cm³/mol. The molecule has 0 nitrogen and oxygen atoms in total. The van der Waals surface area contributed by atoms with Crippen LogP contribution in [-0.2, 0) is 0 Å². The summed E-state index contributed by atoms with van der Waals surface area (Å²) in [5.41, 5.74) is 1.32. The van der Waals surface area contributed by atoms with Crippen molar-refractivity contribution in [2.24, 2.45) is 0 Å². The normalized spacial score (nSPS) is 8.39. The lowest BCUT2D eigenvalue weighted by atomic mass is 10.2. The first-order valence-electron chi connectivity index (χ1n) is 6.82. The van der Waals surface area contributed by atoms with Crippen molar-refractivity contribution < 1.29 is 0 Å². The zero-order valence-corrected chi connectivity index (χ0v) is 12.0. The molecule has 0 bridgehead atoms. The first kappa shape index (κ1) is 16.4. The molecule has 0 radical (unpaired) electrons. The second-order valence-electron chi connectivity index (χ2n) is 4.16. The van der Waals surface area contributed by atoms with Crippen LogP contribution in [0.15, 0.2) is 66.7 Å². The van der Waals surface area contributed by atoms with Crippen molar-refractivity contribution in [1.29, 1.82) is 0 Å². The van der Waals surface area contributed by atoms with Gasteiger partial charge in [0, 0.05) is 0 Å². The molecule has 0 amide bonds. The SMILES string of the molecule is CCCCC.Cc1ccccc1.c1ccccc1. The Morgan fingerprint density at radius 1 is 0.611 bits per heavy atom. The van der Waals surface area contributed by atoms with Gasteiger partial charge in [-0.05, 0) is 6.92 Å². The average molecular weight is 242 g/mol. The highest BCUT2D eigenvalue weighted by atomic mass is 13.8. The van der Waals surface area contributed by atoms with Gasteiger partial charge < -0.3 is 0 Å². The molecule has 0 aliphatic heterocycles. The van der Waals surface area contributed by atoms with Crippen LogP contribution in [0.1, 0.15) is 38.7 Å². The van der Waals surface area contributed by atoms with Gasteiger partial charge in [-0.1, -0.05) is 105 Å². The van der Waals surface area contributed by atoms with Crippen LogP contribution in [-0.4, -0.2) is 0 Å². The molecular weight excluding hydrogens is 216 g/mol. The zero-order chi connectivity index (χ0) is 13.5. The van der Waals surface area contributed by atoms with E-state index in [2.05, 4.69) is 32.9 Å². The number of benzene rings is 2. The van der Waals surface area contributed by atoms with Gasteiger partial charge in [0.1, 0.15) is 0 Å². The number of rotatable bonds is 2. The smallest absolute Gasteiger partial charge is 0.0398 e. The van der Waals surface area contributed by atoms with Crippen LogP contribution in [0.5, 0.6) is 0 Å². The first-order chi connectivity index (χ1) is 8.81. The van der Waals surface area contributed by atoms with Crippen molar-refractivity contribution in [3.63, 3.8) is 0 Å². The number of hydrogen-bond acceptors (Lipinski definition) is 0. The third-order valence-corrected chi connectivity index (χ3v) is 2.31. The van der Waals surface area contributed by atoms with Crippen molar-refractivity contribution in [2.45, 2.75) is 40.0 Å². The Kier molecular flexibility index (Phi) is 12.3. The molecule has 0 heteroatoms. The van der Waals surface area contributed by atoms with E-state index < -0.39 is 0 Å². The molecule has 0 atom stereocenters. The van der Waals surface area contributed by atoms with Gasteiger partial charge in [0.25, 0.3) is 0 Å². The highest BCUT2D eigenvalue weighted by Gasteiger charge is 1.72. The van der Waals surface area contributed by atoms with E-state index in [1.165, 1.54) is 24.8 Å². The van der Waals surface area contributed by atoms with Crippen LogP contribution in [0, 0.1) is 6.92 Å². The maximum absolute atomic E-state index is 2.21. The second-order valence-corrected chi connectivity index (χ2v) is 4.16. The Hall–Kier alpha value is -1.56. The lowest BCUT2D eigenvalue weighted by Gasteiger charge is -1.82. The topological polar surface area (TPSA) is 0 Å². The molecule has 2 rings (SSSR count). The molecule has 0 saturated heterocycles. The molecule has 98 valence electrons. The second kappa shape index (κ2) is 13.5. The van der Waals surface area contributed by atoms with Crippen molar-refractivity contribution in [3.8, 4) is 0 Å². The van der Waals surface area contributed by atoms with E-state index in [1.807, 2.05) is 54.6 Å². The molecule has 0 spiro atoms. The van der Waals surface area contributed by atoms with E-state index in [-0.39, 0.29) is 0 Å². The summed E-state index contributed by atoms with van der Waals surface area (Å²) < 4.78 is 0. The third kappa shape index (κ3) is 12.5. The predicted octanol–water partition coefficient (Wildman–Crippen LogP) is 5.88. The van der Waals surface area contributed by atoms with Crippen LogP contribution in [0.25, 0.3) is 0 Å². The number of unbranched alkanes of at least 4 members (excludes halogenated alkanes) is 2. The van der Waals surface area contributed by atoms with Crippen LogP contribution in [0.3, 0.4) is 0 Å². The minimum atomic E-state index is 1.32. The molecule has 0 saturated carbocycles. The minimum Gasteiger partial charge on any atom is -0.0654 e. The molecule has 18 heavy (non-hydrogen) atoms. The van der Waals surface area contributed by atoms with E-state index in [0.717, 1.165) is 0 Å². The summed E-state index contributed by atoms with van der Waals surface area (Å²) in [6.45, 7) is 6.51. The summed E-state index contributed by atoms with van der Waals surface area (Å²) in [6.07, 6.45) is 4.08. The molecule has 2 aromatic rings. The molecule has 0 aliphatic rings. The summed E-state index contributed by atoms with van der Waals surface area (Å²) in [4.78, 5) is 0. The van der Waals surface area contributed by atoms with Gasteiger partial charge >= 0.3 is 0 Å². The Morgan fingerprint density at radius 2 is 0.944 bits per heavy atom. The van der Waals surface area contributed by atoms with Gasteiger partial charge in [-0.25, -0.2) is 0 Å². The third-order valence-electron chi connectivity index (χ3n) is 2.31. The summed E-state index contributed by atoms with van der Waals surface area (Å²) in [7, 11) is 0. The standard InChI is InChI=1S/C7H8.C6H6.C5H12/c1-7-5-3-2-4-6-7;1-2-4-6-5-3-1;1-3-5-4-2/h2-6H,1H3;1-6H;3-5H2,1-2H3. The van der Waals surface area contributed by atoms with Crippen molar-refractivity contribution in [1.82, 2.24) is 0 Å². The Bertz CT molecular complexity index is 308. The fourth-order valence-corrected chi connectivity index (χ4v) is 1.27. The molecular formula is C18H26. The molecule has 0 aliphatic carbocycles. The molecule has 2 aromatic carbocycles. The largest absolute Gasteiger partial charge is 0.0654 e. The minimum absolute atomic E-state index is 1.32. The summed E-state index contributed by atoms with van der Waals surface area (Å²) in [5.74, 6) is 0. The fourth-order valence-electron chi connectivity index (χ4n) is 1.27. The van der Waals surface area contributed by atoms with Crippen LogP contribution < -0.4 is 0 Å². The average Bonchev–Trinajstić information content (AvgIpc) is 2.44. The van der Waals surface area contributed by atoms with Gasteiger partial charge in [0.05, 0.1) is 0 Å². The van der Waals surface area contributed by atoms with Crippen molar-refractivity contribution in [2.75, 3.05) is 0 Å². The van der Waals surface area contributed by atoms with Gasteiger partial charge in [0.15, 0.2) is 0 Å². The molecule has 0 N–H and O–H groups in total. The summed E-state index contributed by atoms with van der Waals surface area (Å²) in [5, 5.41) is 0. The molecule has 0 aromatic heterocycles. The first-order valence-corrected chi connectivity index (χ1v) is 6.82. The Morgan fingerprint density at radius 3 is 1.11 bits per heavy atom. The monoisotopic (exact) mass is 242 g/mol. The highest BCUT2D eigenvalue weighted by Crippen LogP contribution is 1.92. The van der Waals surface area contributed by atoms with Crippen LogP contribution in [0.2, 0.25) is 0 Å². The van der Waals surface area contributed by atoms with Gasteiger partial charge in [-0.15, -0.1) is 0 Å². The molecule has 0 unspecified atom stereocenters. The lowest BCUT2D eigenvalue weighted by Crippen LogP contribution is -1.62. The summed E-state index contributed by atoms with van der Waals surface area (Å²) >= 11 is 0. The van der Waals surface area contributed by atoms with E-state index in [0.29, 0.717) is 0 Å². The van der Waals surface area contributed by atoms with E-state index in [9.17, 15) is 0 Å². The van der Waals surface area contributed by atoms with Gasteiger partial charge in [0.2, 0.25) is 0 Å². The van der Waals surface area contributed by atoms with Gasteiger partial charge in [-0.2, -0.15) is 0 Å². The fraction of sp³-hybridized carbons (Fsp3) is 0.333. The van der Waals surface area contributed by atoms with Crippen molar-refractivity contribution in [3.05, 3.63) is 72.3 Å².